The van der Waals surface area contributed by atoms with Crippen molar-refractivity contribution in [1.29, 1.82) is 0 Å². The Labute approximate surface area is 117 Å². The van der Waals surface area contributed by atoms with Crippen LogP contribution in [0.15, 0.2) is 49.2 Å². The van der Waals surface area contributed by atoms with Crippen molar-refractivity contribution in [3.05, 3.63) is 49.2 Å². The molecule has 102 valence electrons. The van der Waals surface area contributed by atoms with Gasteiger partial charge in [-0.3, -0.25) is 4.98 Å². The summed E-state index contributed by atoms with van der Waals surface area (Å²) in [5.41, 5.74) is 8.65. The van der Waals surface area contributed by atoms with Gasteiger partial charge in [0.25, 0.3) is 0 Å². The molecule has 20 heavy (non-hydrogen) atoms. The van der Waals surface area contributed by atoms with Gasteiger partial charge >= 0.3 is 0 Å². The summed E-state index contributed by atoms with van der Waals surface area (Å²) in [6.45, 7) is 2.98. The lowest BCUT2D eigenvalue weighted by Gasteiger charge is -2.17. The van der Waals surface area contributed by atoms with E-state index in [4.69, 9.17) is 5.73 Å². The maximum atomic E-state index is 5.99. The van der Waals surface area contributed by atoms with Crippen LogP contribution in [-0.4, -0.2) is 20.6 Å². The van der Waals surface area contributed by atoms with E-state index >= 15 is 0 Å². The largest absolute Gasteiger partial charge is 0.398 e. The second kappa shape index (κ2) is 5.21. The number of nitrogen functional groups attached to an aromatic ring is 1. The molecular weight excluding hydrogens is 250 g/mol. The van der Waals surface area contributed by atoms with Gasteiger partial charge in [-0.25, -0.2) is 4.98 Å². The Kier molecular flexibility index (Phi) is 3.25. The maximum absolute atomic E-state index is 5.99. The molecular formula is C15H17N5. The van der Waals surface area contributed by atoms with Crippen molar-refractivity contribution in [2.24, 2.45) is 0 Å². The maximum Gasteiger partial charge on any atom is 0.0953 e. The molecule has 3 aromatic rings. The highest BCUT2D eigenvalue weighted by Crippen LogP contribution is 2.26. The van der Waals surface area contributed by atoms with Gasteiger partial charge in [0, 0.05) is 42.3 Å². The molecule has 5 heteroatoms. The van der Waals surface area contributed by atoms with Crippen LogP contribution in [0.2, 0.25) is 0 Å². The van der Waals surface area contributed by atoms with E-state index in [2.05, 4.69) is 22.2 Å². The lowest BCUT2D eigenvalue weighted by molar-refractivity contribution is 0.619. The molecule has 0 aliphatic carbocycles. The second-order valence-corrected chi connectivity index (χ2v) is 4.91. The number of fused-ring (bicyclic) bond motifs is 1. The van der Waals surface area contributed by atoms with Gasteiger partial charge in [0.05, 0.1) is 17.5 Å². The Balaban J connectivity index is 1.85. The van der Waals surface area contributed by atoms with Gasteiger partial charge in [0.1, 0.15) is 0 Å². The summed E-state index contributed by atoms with van der Waals surface area (Å²) in [6, 6.07) is 8.05. The van der Waals surface area contributed by atoms with Crippen molar-refractivity contribution in [2.75, 3.05) is 11.1 Å². The van der Waals surface area contributed by atoms with Crippen molar-refractivity contribution in [3.63, 3.8) is 0 Å². The molecule has 1 unspecified atom stereocenters. The molecule has 0 fully saturated rings. The van der Waals surface area contributed by atoms with Crippen molar-refractivity contribution in [2.45, 2.75) is 19.5 Å². The number of hydrogen-bond donors (Lipinski definition) is 2. The Bertz CT molecular complexity index is 705. The fourth-order valence-corrected chi connectivity index (χ4v) is 2.33. The van der Waals surface area contributed by atoms with E-state index in [0.717, 1.165) is 28.8 Å². The molecule has 2 aromatic heterocycles. The van der Waals surface area contributed by atoms with E-state index in [1.165, 1.54) is 0 Å². The van der Waals surface area contributed by atoms with Crippen molar-refractivity contribution >= 4 is 22.3 Å². The lowest BCUT2D eigenvalue weighted by Crippen LogP contribution is -2.21. The number of imidazole rings is 1. The van der Waals surface area contributed by atoms with Crippen molar-refractivity contribution in [3.8, 4) is 0 Å². The topological polar surface area (TPSA) is 68.8 Å². The highest BCUT2D eigenvalue weighted by Gasteiger charge is 2.08. The molecule has 1 aromatic carbocycles. The van der Waals surface area contributed by atoms with E-state index in [9.17, 15) is 0 Å². The first kappa shape index (κ1) is 12.5. The van der Waals surface area contributed by atoms with Gasteiger partial charge < -0.3 is 15.6 Å². The summed E-state index contributed by atoms with van der Waals surface area (Å²) in [4.78, 5) is 8.48. The number of benzene rings is 1. The Hall–Kier alpha value is -2.56. The van der Waals surface area contributed by atoms with E-state index in [1.807, 2.05) is 41.4 Å². The van der Waals surface area contributed by atoms with Crippen molar-refractivity contribution in [1.82, 2.24) is 14.5 Å². The summed E-state index contributed by atoms with van der Waals surface area (Å²) < 4.78 is 2.05. The molecule has 0 aliphatic heterocycles. The minimum absolute atomic E-state index is 0.262. The predicted molar refractivity (Wildman–Crippen MR) is 81.5 cm³/mol. The minimum atomic E-state index is 0.262. The minimum Gasteiger partial charge on any atom is -0.398 e. The number of nitrogens with two attached hydrogens (primary N) is 1. The Morgan fingerprint density at radius 2 is 2.20 bits per heavy atom. The quantitative estimate of drug-likeness (QED) is 0.713. The number of nitrogens with zero attached hydrogens (tertiary/aromatic N) is 3. The molecule has 0 saturated carbocycles. The van der Waals surface area contributed by atoms with Crippen LogP contribution in [0.3, 0.4) is 0 Å². The fourth-order valence-electron chi connectivity index (χ4n) is 2.33. The fraction of sp³-hybridized carbons (Fsp3) is 0.200. The molecule has 3 rings (SSSR count). The van der Waals surface area contributed by atoms with Gasteiger partial charge in [0.2, 0.25) is 0 Å². The standard InChI is InChI=1S/C15H17N5/c1-11(9-20-8-7-17-10-20)19-14-5-4-13(16)12-3-2-6-18-15(12)14/h2-8,10-11,19H,9,16H2,1H3. The summed E-state index contributed by atoms with van der Waals surface area (Å²) in [5, 5.41) is 4.46. The molecule has 2 heterocycles. The van der Waals surface area contributed by atoms with Crippen LogP contribution >= 0.6 is 0 Å². The number of nitrogens with one attached hydrogen (secondary N) is 1. The number of pyridine rings is 1. The van der Waals surface area contributed by atoms with Gasteiger partial charge in [-0.2, -0.15) is 0 Å². The zero-order chi connectivity index (χ0) is 13.9. The average Bonchev–Trinajstić information content (AvgIpc) is 2.95. The monoisotopic (exact) mass is 267 g/mol. The first-order valence-electron chi connectivity index (χ1n) is 6.59. The lowest BCUT2D eigenvalue weighted by atomic mass is 10.1. The third kappa shape index (κ3) is 2.42. The van der Waals surface area contributed by atoms with Gasteiger partial charge in [-0.1, -0.05) is 0 Å². The van der Waals surface area contributed by atoms with Crippen LogP contribution < -0.4 is 11.1 Å². The highest BCUT2D eigenvalue weighted by molar-refractivity contribution is 5.98. The zero-order valence-corrected chi connectivity index (χ0v) is 11.3. The molecule has 5 nitrogen and oxygen atoms in total. The van der Waals surface area contributed by atoms with E-state index in [1.54, 1.807) is 12.4 Å². The highest BCUT2D eigenvalue weighted by atomic mass is 15.1. The van der Waals surface area contributed by atoms with E-state index in [0.29, 0.717) is 0 Å². The van der Waals surface area contributed by atoms with Crippen LogP contribution in [0.25, 0.3) is 10.9 Å². The van der Waals surface area contributed by atoms with Crippen LogP contribution in [0.4, 0.5) is 11.4 Å². The summed E-state index contributed by atoms with van der Waals surface area (Å²) in [6.07, 6.45) is 7.34. The van der Waals surface area contributed by atoms with Gasteiger partial charge in [0.15, 0.2) is 0 Å². The van der Waals surface area contributed by atoms with Crippen LogP contribution in [0, 0.1) is 0 Å². The van der Waals surface area contributed by atoms with Crippen LogP contribution in [-0.2, 0) is 6.54 Å². The smallest absolute Gasteiger partial charge is 0.0953 e. The molecule has 0 bridgehead atoms. The second-order valence-electron chi connectivity index (χ2n) is 4.91. The van der Waals surface area contributed by atoms with Crippen LogP contribution in [0.5, 0.6) is 0 Å². The SMILES string of the molecule is CC(Cn1ccnc1)Nc1ccc(N)c2cccnc12. The molecule has 3 N–H and O–H groups in total. The molecule has 0 aliphatic rings. The number of rotatable bonds is 4. The van der Waals surface area contributed by atoms with Crippen LogP contribution in [0.1, 0.15) is 6.92 Å². The molecule has 0 amide bonds. The van der Waals surface area contributed by atoms with Gasteiger partial charge in [-0.15, -0.1) is 0 Å². The first-order valence-corrected chi connectivity index (χ1v) is 6.59. The third-order valence-electron chi connectivity index (χ3n) is 3.25. The Morgan fingerprint density at radius 3 is 3.00 bits per heavy atom. The zero-order valence-electron chi connectivity index (χ0n) is 11.3. The van der Waals surface area contributed by atoms with E-state index < -0.39 is 0 Å². The molecule has 1 atom stereocenters. The van der Waals surface area contributed by atoms with Gasteiger partial charge in [-0.05, 0) is 31.2 Å². The molecule has 0 saturated heterocycles. The number of anilines is 2. The van der Waals surface area contributed by atoms with Crippen molar-refractivity contribution < 1.29 is 0 Å². The number of aromatic nitrogens is 3. The predicted octanol–water partition coefficient (Wildman–Crippen LogP) is 2.51. The normalized spacial score (nSPS) is 12.4. The molecule has 0 spiro atoms. The summed E-state index contributed by atoms with van der Waals surface area (Å²) in [7, 11) is 0. The summed E-state index contributed by atoms with van der Waals surface area (Å²) >= 11 is 0. The molecule has 0 radical (unpaired) electrons. The Morgan fingerprint density at radius 1 is 1.30 bits per heavy atom. The van der Waals surface area contributed by atoms with E-state index in [-0.39, 0.29) is 6.04 Å². The average molecular weight is 267 g/mol. The summed E-state index contributed by atoms with van der Waals surface area (Å²) in [5.74, 6) is 0. The third-order valence-corrected chi connectivity index (χ3v) is 3.25. The number of hydrogen-bond acceptors (Lipinski definition) is 4. The first-order chi connectivity index (χ1) is 9.74.